The molecule has 18 heavy (non-hydrogen) atoms. The van der Waals surface area contributed by atoms with Crippen LogP contribution in [-0.2, 0) is 6.54 Å². The van der Waals surface area contributed by atoms with Gasteiger partial charge in [-0.05, 0) is 24.8 Å². The van der Waals surface area contributed by atoms with Crippen molar-refractivity contribution in [1.82, 2.24) is 9.55 Å². The van der Waals surface area contributed by atoms with Crippen LogP contribution >= 0.6 is 11.8 Å². The first-order valence-electron chi connectivity index (χ1n) is 6.61. The highest BCUT2D eigenvalue weighted by molar-refractivity contribution is 7.99. The maximum Gasteiger partial charge on any atom is 0.348 e. The van der Waals surface area contributed by atoms with Crippen LogP contribution in [0.4, 0.5) is 0 Å². The fourth-order valence-electron chi connectivity index (χ4n) is 2.42. The van der Waals surface area contributed by atoms with Crippen LogP contribution in [0.1, 0.15) is 32.1 Å². The maximum absolute atomic E-state index is 11.9. The van der Waals surface area contributed by atoms with Crippen LogP contribution in [0.25, 0.3) is 0 Å². The summed E-state index contributed by atoms with van der Waals surface area (Å²) in [6.45, 7) is 4.49. The van der Waals surface area contributed by atoms with Gasteiger partial charge in [-0.25, -0.2) is 4.79 Å². The van der Waals surface area contributed by atoms with E-state index in [1.807, 2.05) is 18.3 Å². The molecule has 0 saturated heterocycles. The van der Waals surface area contributed by atoms with Gasteiger partial charge in [-0.1, -0.05) is 25.3 Å². The monoisotopic (exact) mass is 264 g/mol. The van der Waals surface area contributed by atoms with Crippen molar-refractivity contribution in [1.29, 1.82) is 0 Å². The largest absolute Gasteiger partial charge is 0.348 e. The molecule has 0 unspecified atom stereocenters. The smallest absolute Gasteiger partial charge is 0.299 e. The van der Waals surface area contributed by atoms with Gasteiger partial charge in [0.1, 0.15) is 5.03 Å². The van der Waals surface area contributed by atoms with E-state index in [-0.39, 0.29) is 5.69 Å². The third kappa shape index (κ3) is 3.73. The summed E-state index contributed by atoms with van der Waals surface area (Å²) in [7, 11) is 0. The first-order chi connectivity index (χ1) is 8.79. The minimum Gasteiger partial charge on any atom is -0.299 e. The number of nitrogens with zero attached hydrogens (tertiary/aromatic N) is 2. The lowest BCUT2D eigenvalue weighted by molar-refractivity contribution is 0.314. The molecule has 4 heteroatoms. The number of thioether (sulfide) groups is 1. The zero-order chi connectivity index (χ0) is 12.8. The second-order valence-corrected chi connectivity index (χ2v) is 5.84. The van der Waals surface area contributed by atoms with Gasteiger partial charge in [0.2, 0.25) is 0 Å². The second-order valence-electron chi connectivity index (χ2n) is 4.80. The Morgan fingerprint density at radius 2 is 2.22 bits per heavy atom. The molecule has 2 rings (SSSR count). The predicted molar refractivity (Wildman–Crippen MR) is 76.0 cm³/mol. The molecule has 0 aliphatic heterocycles. The topological polar surface area (TPSA) is 34.9 Å². The minimum atomic E-state index is -0.116. The first-order valence-corrected chi connectivity index (χ1v) is 7.59. The van der Waals surface area contributed by atoms with Crippen LogP contribution in [0.2, 0.25) is 0 Å². The highest BCUT2D eigenvalue weighted by Gasteiger charge is 2.14. The molecule has 1 heterocycles. The summed E-state index contributed by atoms with van der Waals surface area (Å²) in [4.78, 5) is 16.0. The Morgan fingerprint density at radius 3 is 2.89 bits per heavy atom. The van der Waals surface area contributed by atoms with Crippen molar-refractivity contribution < 1.29 is 0 Å². The van der Waals surface area contributed by atoms with Gasteiger partial charge in [0.05, 0.1) is 0 Å². The highest BCUT2D eigenvalue weighted by atomic mass is 32.2. The van der Waals surface area contributed by atoms with Gasteiger partial charge in [0.25, 0.3) is 0 Å². The molecule has 0 atom stereocenters. The zero-order valence-corrected chi connectivity index (χ0v) is 11.5. The lowest BCUT2D eigenvalue weighted by atomic mass is 9.89. The molecule has 1 aromatic heterocycles. The van der Waals surface area contributed by atoms with Crippen LogP contribution in [0.5, 0.6) is 0 Å². The third-order valence-corrected chi connectivity index (χ3v) is 4.30. The molecular formula is C14H20N2OS. The normalized spacial score (nSPS) is 16.7. The molecule has 1 saturated carbocycles. The Bertz CT molecular complexity index is 449. The van der Waals surface area contributed by atoms with Crippen molar-refractivity contribution >= 4 is 11.8 Å². The highest BCUT2D eigenvalue weighted by Crippen LogP contribution is 2.24. The minimum absolute atomic E-state index is 0.116. The third-order valence-electron chi connectivity index (χ3n) is 3.38. The molecule has 1 aliphatic carbocycles. The van der Waals surface area contributed by atoms with E-state index < -0.39 is 0 Å². The Hall–Kier alpha value is -1.03. The average molecular weight is 264 g/mol. The summed E-state index contributed by atoms with van der Waals surface area (Å²) in [5.41, 5.74) is -0.116. The van der Waals surface area contributed by atoms with E-state index >= 15 is 0 Å². The van der Waals surface area contributed by atoms with Crippen molar-refractivity contribution in [3.8, 4) is 0 Å². The van der Waals surface area contributed by atoms with Crippen LogP contribution in [0, 0.1) is 5.92 Å². The summed E-state index contributed by atoms with van der Waals surface area (Å²) >= 11 is 1.55. The molecule has 3 nitrogen and oxygen atoms in total. The van der Waals surface area contributed by atoms with Crippen molar-refractivity contribution in [3.05, 3.63) is 35.4 Å². The van der Waals surface area contributed by atoms with Crippen LogP contribution in [0.3, 0.4) is 0 Å². The van der Waals surface area contributed by atoms with E-state index in [0.717, 1.165) is 17.3 Å². The van der Waals surface area contributed by atoms with Gasteiger partial charge in [-0.3, -0.25) is 4.57 Å². The van der Waals surface area contributed by atoms with Crippen molar-refractivity contribution in [2.24, 2.45) is 5.92 Å². The van der Waals surface area contributed by atoms with Gasteiger partial charge in [-0.2, -0.15) is 4.98 Å². The van der Waals surface area contributed by atoms with Gasteiger partial charge in [-0.15, -0.1) is 18.3 Å². The Labute approximate surface area is 112 Å². The van der Waals surface area contributed by atoms with E-state index in [0.29, 0.717) is 5.92 Å². The number of hydrogen-bond donors (Lipinski definition) is 0. The second kappa shape index (κ2) is 6.78. The summed E-state index contributed by atoms with van der Waals surface area (Å²) in [5.74, 6) is 1.45. The molecule has 0 spiro atoms. The first kappa shape index (κ1) is 13.4. The number of rotatable bonds is 5. The van der Waals surface area contributed by atoms with Gasteiger partial charge >= 0.3 is 5.69 Å². The molecule has 0 aromatic carbocycles. The standard InChI is InChI=1S/C14H20N2OS/c1-2-10-18-13-8-9-16(14(17)15-13)11-12-6-4-3-5-7-12/h2,8-9,12H,1,3-7,10-11H2. The van der Waals surface area contributed by atoms with E-state index in [1.54, 1.807) is 16.3 Å². The maximum atomic E-state index is 11.9. The fourth-order valence-corrected chi connectivity index (χ4v) is 3.01. The number of hydrogen-bond acceptors (Lipinski definition) is 3. The Balaban J connectivity index is 2.00. The van der Waals surface area contributed by atoms with Gasteiger partial charge < -0.3 is 0 Å². The van der Waals surface area contributed by atoms with Crippen LogP contribution < -0.4 is 5.69 Å². The molecule has 1 aliphatic rings. The molecule has 1 fully saturated rings. The Kier molecular flexibility index (Phi) is 5.05. The van der Waals surface area contributed by atoms with Crippen molar-refractivity contribution in [2.45, 2.75) is 43.7 Å². The lowest BCUT2D eigenvalue weighted by Crippen LogP contribution is -2.26. The van der Waals surface area contributed by atoms with Crippen molar-refractivity contribution in [2.75, 3.05) is 5.75 Å². The van der Waals surface area contributed by atoms with E-state index in [4.69, 9.17) is 0 Å². The van der Waals surface area contributed by atoms with E-state index in [9.17, 15) is 4.79 Å². The van der Waals surface area contributed by atoms with Gasteiger partial charge in [0, 0.05) is 18.5 Å². The Morgan fingerprint density at radius 1 is 1.44 bits per heavy atom. The SMILES string of the molecule is C=CCSc1ccn(CC2CCCCC2)c(=O)n1. The van der Waals surface area contributed by atoms with E-state index in [2.05, 4.69) is 11.6 Å². The van der Waals surface area contributed by atoms with E-state index in [1.165, 1.54) is 32.1 Å². The quantitative estimate of drug-likeness (QED) is 0.465. The lowest BCUT2D eigenvalue weighted by Gasteiger charge is -2.21. The van der Waals surface area contributed by atoms with Crippen molar-refractivity contribution in [3.63, 3.8) is 0 Å². The summed E-state index contributed by atoms with van der Waals surface area (Å²) in [5, 5.41) is 0.791. The van der Waals surface area contributed by atoms with Crippen LogP contribution in [0.15, 0.2) is 34.7 Å². The summed E-state index contributed by atoms with van der Waals surface area (Å²) in [6, 6.07) is 1.93. The molecule has 0 bridgehead atoms. The molecule has 0 amide bonds. The molecule has 0 radical (unpaired) electrons. The molecule has 1 aromatic rings. The summed E-state index contributed by atoms with van der Waals surface area (Å²) in [6.07, 6.45) is 10.2. The number of aromatic nitrogens is 2. The summed E-state index contributed by atoms with van der Waals surface area (Å²) < 4.78 is 1.76. The predicted octanol–water partition coefficient (Wildman–Crippen LogP) is 3.10. The zero-order valence-electron chi connectivity index (χ0n) is 10.7. The molecular weight excluding hydrogens is 244 g/mol. The molecule has 98 valence electrons. The van der Waals surface area contributed by atoms with Gasteiger partial charge in [0.15, 0.2) is 0 Å². The van der Waals surface area contributed by atoms with Crippen LogP contribution in [-0.4, -0.2) is 15.3 Å². The molecule has 0 N–H and O–H groups in total. The fraction of sp³-hybridized carbons (Fsp3) is 0.571. The average Bonchev–Trinajstić information content (AvgIpc) is 2.40.